The number of imide groups is 1. The fourth-order valence-corrected chi connectivity index (χ4v) is 4.13. The van der Waals surface area contributed by atoms with E-state index in [-0.39, 0.29) is 11.4 Å². The van der Waals surface area contributed by atoms with Crippen LogP contribution in [0.1, 0.15) is 0 Å². The Labute approximate surface area is 184 Å². The molecule has 1 aliphatic heterocycles. The number of nitrogens with zero attached hydrogens (tertiary/aromatic N) is 2. The van der Waals surface area contributed by atoms with E-state index in [1.807, 2.05) is 0 Å². The number of urea groups is 1. The second-order valence-electron chi connectivity index (χ2n) is 6.13. The second-order valence-corrected chi connectivity index (χ2v) is 8.33. The van der Waals surface area contributed by atoms with Crippen molar-refractivity contribution in [1.82, 2.24) is 15.5 Å². The van der Waals surface area contributed by atoms with Crippen LogP contribution in [0.3, 0.4) is 0 Å². The summed E-state index contributed by atoms with van der Waals surface area (Å²) in [5.41, 5.74) is 0.749. The van der Waals surface area contributed by atoms with E-state index in [4.69, 9.17) is 9.47 Å². The van der Waals surface area contributed by atoms with Gasteiger partial charge in [-0.2, -0.15) is 0 Å². The molecular formula is C19H16FN5O4S2. The molecule has 9 nitrogen and oxygen atoms in total. The average Bonchev–Trinajstić information content (AvgIpc) is 3.21. The number of benzene rings is 2. The minimum Gasteiger partial charge on any atom is -0.486 e. The number of fused-ring (bicyclic) bond motifs is 1. The highest BCUT2D eigenvalue weighted by molar-refractivity contribution is 8.01. The zero-order valence-corrected chi connectivity index (χ0v) is 17.5. The number of hydrogen-bond acceptors (Lipinski definition) is 9. The van der Waals surface area contributed by atoms with Gasteiger partial charge in [0.25, 0.3) is 0 Å². The number of ether oxygens (including phenoxy) is 2. The van der Waals surface area contributed by atoms with Gasteiger partial charge in [-0.05, 0) is 24.3 Å². The van der Waals surface area contributed by atoms with Gasteiger partial charge in [0.15, 0.2) is 15.8 Å². The van der Waals surface area contributed by atoms with Crippen molar-refractivity contribution in [1.29, 1.82) is 0 Å². The zero-order valence-electron chi connectivity index (χ0n) is 15.9. The minimum atomic E-state index is -0.665. The Hall–Kier alpha value is -3.38. The average molecular weight is 462 g/mol. The molecule has 0 atom stereocenters. The van der Waals surface area contributed by atoms with Crippen molar-refractivity contribution in [2.24, 2.45) is 0 Å². The van der Waals surface area contributed by atoms with Crippen molar-refractivity contribution in [2.75, 3.05) is 29.6 Å². The van der Waals surface area contributed by atoms with Crippen molar-refractivity contribution in [3.63, 3.8) is 0 Å². The standard InChI is InChI=1S/C19H16FN5O4S2/c20-12-3-1-2-4-13(12)22-18-24-25-19(31-18)30-10-16(26)23-17(27)21-11-5-6-14-15(9-11)29-8-7-28-14/h1-6,9H,7-8,10H2,(H,22,24)(H2,21,23,26,27). The van der Waals surface area contributed by atoms with Gasteiger partial charge in [-0.25, -0.2) is 9.18 Å². The first kappa shape index (κ1) is 20.9. The lowest BCUT2D eigenvalue weighted by atomic mass is 10.2. The molecule has 12 heteroatoms. The van der Waals surface area contributed by atoms with Gasteiger partial charge in [0.05, 0.1) is 11.4 Å². The molecule has 0 fully saturated rings. The fraction of sp³-hybridized carbons (Fsp3) is 0.158. The van der Waals surface area contributed by atoms with E-state index in [0.717, 1.165) is 11.8 Å². The number of amides is 3. The molecule has 3 aromatic rings. The predicted molar refractivity (Wildman–Crippen MR) is 115 cm³/mol. The molecule has 0 spiro atoms. The summed E-state index contributed by atoms with van der Waals surface area (Å²) < 4.78 is 25.1. The van der Waals surface area contributed by atoms with Crippen molar-refractivity contribution in [3.05, 3.63) is 48.3 Å². The number of aromatic nitrogens is 2. The van der Waals surface area contributed by atoms with Gasteiger partial charge in [-0.1, -0.05) is 35.2 Å². The Bertz CT molecular complexity index is 1110. The quantitative estimate of drug-likeness (QED) is 0.477. The number of nitrogens with one attached hydrogen (secondary N) is 3. The Morgan fingerprint density at radius 2 is 1.90 bits per heavy atom. The normalized spacial score (nSPS) is 12.2. The Morgan fingerprint density at radius 1 is 1.10 bits per heavy atom. The molecule has 1 aromatic heterocycles. The summed E-state index contributed by atoms with van der Waals surface area (Å²) in [7, 11) is 0. The van der Waals surface area contributed by atoms with Gasteiger partial charge >= 0.3 is 6.03 Å². The number of thioether (sulfide) groups is 1. The number of halogens is 1. The van der Waals surface area contributed by atoms with Crippen LogP contribution in [0.2, 0.25) is 0 Å². The van der Waals surface area contributed by atoms with Gasteiger partial charge in [-0.3, -0.25) is 10.1 Å². The number of rotatable bonds is 6. The highest BCUT2D eigenvalue weighted by Crippen LogP contribution is 2.32. The van der Waals surface area contributed by atoms with E-state index in [0.29, 0.717) is 39.9 Å². The lowest BCUT2D eigenvalue weighted by Gasteiger charge is -2.19. The van der Waals surface area contributed by atoms with Crippen LogP contribution in [0.25, 0.3) is 0 Å². The monoisotopic (exact) mass is 461 g/mol. The molecule has 3 N–H and O–H groups in total. The number of carbonyl (C=O) groups is 2. The van der Waals surface area contributed by atoms with E-state index >= 15 is 0 Å². The summed E-state index contributed by atoms with van der Waals surface area (Å²) in [5, 5.41) is 15.9. The van der Waals surface area contributed by atoms with Crippen LogP contribution in [0.15, 0.2) is 46.8 Å². The highest BCUT2D eigenvalue weighted by atomic mass is 32.2. The summed E-state index contributed by atoms with van der Waals surface area (Å²) in [6, 6.07) is 10.5. The first-order valence-electron chi connectivity index (χ1n) is 9.05. The minimum absolute atomic E-state index is 0.0388. The van der Waals surface area contributed by atoms with Gasteiger partial charge in [-0.15, -0.1) is 10.2 Å². The topological polar surface area (TPSA) is 114 Å². The van der Waals surface area contributed by atoms with Crippen molar-refractivity contribution >= 4 is 51.5 Å². The summed E-state index contributed by atoms with van der Waals surface area (Å²) in [4.78, 5) is 24.1. The van der Waals surface area contributed by atoms with Crippen LogP contribution in [-0.2, 0) is 4.79 Å². The van der Waals surface area contributed by atoms with Crippen LogP contribution in [0.4, 0.5) is 25.7 Å². The van der Waals surface area contributed by atoms with Gasteiger partial charge < -0.3 is 20.1 Å². The van der Waals surface area contributed by atoms with E-state index < -0.39 is 17.8 Å². The van der Waals surface area contributed by atoms with Crippen LogP contribution in [-0.4, -0.2) is 41.1 Å². The summed E-state index contributed by atoms with van der Waals surface area (Å²) >= 11 is 2.28. The second kappa shape index (κ2) is 9.62. The molecule has 0 bridgehead atoms. The van der Waals surface area contributed by atoms with E-state index in [1.54, 1.807) is 36.4 Å². The molecule has 0 aliphatic carbocycles. The molecule has 0 saturated heterocycles. The maximum absolute atomic E-state index is 13.7. The Balaban J connectivity index is 1.24. The molecule has 4 rings (SSSR count). The molecule has 0 saturated carbocycles. The molecule has 0 unspecified atom stereocenters. The lowest BCUT2D eigenvalue weighted by molar-refractivity contribution is -0.117. The molecule has 1 aliphatic rings. The van der Waals surface area contributed by atoms with Gasteiger partial charge in [0.1, 0.15) is 19.0 Å². The van der Waals surface area contributed by atoms with E-state index in [1.165, 1.54) is 17.4 Å². The van der Waals surface area contributed by atoms with Gasteiger partial charge in [0, 0.05) is 11.8 Å². The lowest BCUT2D eigenvalue weighted by Crippen LogP contribution is -2.35. The van der Waals surface area contributed by atoms with Crippen molar-refractivity contribution in [2.45, 2.75) is 4.34 Å². The highest BCUT2D eigenvalue weighted by Gasteiger charge is 2.15. The SMILES string of the molecule is O=C(CSc1nnc(Nc2ccccc2F)s1)NC(=O)Nc1ccc2c(c1)OCCO2. The van der Waals surface area contributed by atoms with Crippen molar-refractivity contribution < 1.29 is 23.5 Å². The van der Waals surface area contributed by atoms with Crippen LogP contribution in [0.5, 0.6) is 11.5 Å². The Morgan fingerprint density at radius 3 is 2.74 bits per heavy atom. The number of para-hydroxylation sites is 1. The van der Waals surface area contributed by atoms with E-state index in [2.05, 4.69) is 26.1 Å². The predicted octanol–water partition coefficient (Wildman–Crippen LogP) is 3.63. The van der Waals surface area contributed by atoms with E-state index in [9.17, 15) is 14.0 Å². The van der Waals surface area contributed by atoms with Crippen LogP contribution in [0, 0.1) is 5.82 Å². The number of hydrogen-bond donors (Lipinski definition) is 3. The van der Waals surface area contributed by atoms with Crippen LogP contribution >= 0.6 is 23.1 Å². The molecular weight excluding hydrogens is 445 g/mol. The smallest absolute Gasteiger partial charge is 0.325 e. The molecule has 3 amide bonds. The summed E-state index contributed by atoms with van der Waals surface area (Å²) in [5.74, 6) is 0.185. The first-order valence-corrected chi connectivity index (χ1v) is 10.9. The Kier molecular flexibility index (Phi) is 6.48. The van der Waals surface area contributed by atoms with Crippen molar-refractivity contribution in [3.8, 4) is 11.5 Å². The third-order valence-electron chi connectivity index (χ3n) is 3.90. The zero-order chi connectivity index (χ0) is 21.6. The molecule has 2 aromatic carbocycles. The third-order valence-corrected chi connectivity index (χ3v) is 5.87. The maximum atomic E-state index is 13.7. The van der Waals surface area contributed by atoms with Crippen LogP contribution < -0.4 is 25.4 Å². The third kappa shape index (κ3) is 5.61. The molecule has 2 heterocycles. The molecule has 0 radical (unpaired) electrons. The first-order chi connectivity index (χ1) is 15.1. The summed E-state index contributed by atoms with van der Waals surface area (Å²) in [6.45, 7) is 0.906. The maximum Gasteiger partial charge on any atom is 0.325 e. The van der Waals surface area contributed by atoms with Gasteiger partial charge in [0.2, 0.25) is 11.0 Å². The summed E-state index contributed by atoms with van der Waals surface area (Å²) in [6.07, 6.45) is 0. The molecule has 160 valence electrons. The number of anilines is 3. The fourth-order valence-electron chi connectivity index (χ4n) is 2.57. The molecule has 31 heavy (non-hydrogen) atoms. The number of carbonyl (C=O) groups excluding carboxylic acids is 2. The largest absolute Gasteiger partial charge is 0.486 e.